The number of benzene rings is 1. The molecule has 1 aliphatic heterocycles. The molecular weight excluding hydrogens is 198 g/mol. The zero-order valence-electron chi connectivity index (χ0n) is 10.4. The average molecular weight is 217 g/mol. The first-order valence-corrected chi connectivity index (χ1v) is 5.90. The van der Waals surface area contributed by atoms with Crippen LogP contribution in [0.1, 0.15) is 46.8 Å². The van der Waals surface area contributed by atoms with E-state index >= 15 is 0 Å². The lowest BCUT2D eigenvalue weighted by atomic mass is 9.80. The molecule has 1 heterocycles. The maximum atomic E-state index is 11.8. The Morgan fingerprint density at radius 2 is 2.00 bits per heavy atom. The Balaban J connectivity index is 2.61. The predicted molar refractivity (Wildman–Crippen MR) is 65.8 cm³/mol. The maximum absolute atomic E-state index is 11.8. The zero-order chi connectivity index (χ0) is 11.9. The van der Waals surface area contributed by atoms with Gasteiger partial charge in [-0.2, -0.15) is 0 Å². The van der Waals surface area contributed by atoms with Crippen LogP contribution in [0.3, 0.4) is 0 Å². The summed E-state index contributed by atoms with van der Waals surface area (Å²) < 4.78 is 0. The van der Waals surface area contributed by atoms with Crippen molar-refractivity contribution in [3.8, 4) is 0 Å². The van der Waals surface area contributed by atoms with E-state index in [4.69, 9.17) is 0 Å². The van der Waals surface area contributed by atoms with Crippen molar-refractivity contribution >= 4 is 5.91 Å². The highest BCUT2D eigenvalue weighted by molar-refractivity contribution is 5.97. The predicted octanol–water partition coefficient (Wildman–Crippen LogP) is 2.79. The molecule has 1 unspecified atom stereocenters. The first kappa shape index (κ1) is 11.2. The molecule has 86 valence electrons. The minimum absolute atomic E-state index is 0.0821. The van der Waals surface area contributed by atoms with Crippen molar-refractivity contribution in [2.24, 2.45) is 5.92 Å². The van der Waals surface area contributed by atoms with Gasteiger partial charge in [-0.3, -0.25) is 4.79 Å². The van der Waals surface area contributed by atoms with Gasteiger partial charge in [0, 0.05) is 18.0 Å². The van der Waals surface area contributed by atoms with Crippen LogP contribution in [0.25, 0.3) is 0 Å². The van der Waals surface area contributed by atoms with Crippen molar-refractivity contribution in [1.82, 2.24) is 5.32 Å². The molecular formula is C14H19NO. The number of carbonyl (C=O) groups excluding carboxylic acids is 1. The van der Waals surface area contributed by atoms with Gasteiger partial charge in [0.25, 0.3) is 5.91 Å². The van der Waals surface area contributed by atoms with Crippen molar-refractivity contribution in [3.05, 3.63) is 34.4 Å². The number of nitrogens with one attached hydrogen (secondary N) is 1. The molecule has 2 heteroatoms. The smallest absolute Gasteiger partial charge is 0.251 e. The normalized spacial score (nSPS) is 19.6. The van der Waals surface area contributed by atoms with Crippen LogP contribution in [0.2, 0.25) is 0 Å². The third-order valence-electron chi connectivity index (χ3n) is 3.43. The Morgan fingerprint density at radius 3 is 2.62 bits per heavy atom. The van der Waals surface area contributed by atoms with Crippen LogP contribution in [-0.4, -0.2) is 12.5 Å². The lowest BCUT2D eigenvalue weighted by Crippen LogP contribution is -2.37. The third kappa shape index (κ3) is 1.73. The van der Waals surface area contributed by atoms with Crippen LogP contribution in [0.5, 0.6) is 0 Å². The second-order valence-corrected chi connectivity index (χ2v) is 5.10. The van der Waals surface area contributed by atoms with Crippen molar-refractivity contribution in [2.45, 2.75) is 33.6 Å². The minimum atomic E-state index is 0.0821. The highest BCUT2D eigenvalue weighted by Crippen LogP contribution is 2.33. The molecule has 0 radical (unpaired) electrons. The topological polar surface area (TPSA) is 29.1 Å². The zero-order valence-corrected chi connectivity index (χ0v) is 10.4. The van der Waals surface area contributed by atoms with Crippen LogP contribution in [-0.2, 0) is 0 Å². The van der Waals surface area contributed by atoms with Crippen LogP contribution >= 0.6 is 0 Å². The monoisotopic (exact) mass is 217 g/mol. The first-order valence-electron chi connectivity index (χ1n) is 5.90. The first-order chi connectivity index (χ1) is 7.50. The molecule has 2 rings (SSSR count). The van der Waals surface area contributed by atoms with Crippen LogP contribution < -0.4 is 5.32 Å². The molecule has 0 saturated carbocycles. The molecule has 1 N–H and O–H groups in total. The van der Waals surface area contributed by atoms with E-state index in [0.29, 0.717) is 11.8 Å². The van der Waals surface area contributed by atoms with Gasteiger partial charge in [-0.1, -0.05) is 25.5 Å². The number of aryl methyl sites for hydroxylation is 2. The highest BCUT2D eigenvalue weighted by Gasteiger charge is 2.28. The molecule has 1 aromatic rings. The van der Waals surface area contributed by atoms with E-state index in [-0.39, 0.29) is 5.91 Å². The fourth-order valence-electron chi connectivity index (χ4n) is 2.63. The van der Waals surface area contributed by atoms with Gasteiger partial charge in [0.2, 0.25) is 0 Å². The number of fused-ring (bicyclic) bond motifs is 1. The fraction of sp³-hybridized carbons (Fsp3) is 0.500. The summed E-state index contributed by atoms with van der Waals surface area (Å²) >= 11 is 0. The summed E-state index contributed by atoms with van der Waals surface area (Å²) in [6, 6.07) is 4.18. The molecule has 0 aliphatic carbocycles. The Hall–Kier alpha value is -1.31. The number of hydrogen-bond acceptors (Lipinski definition) is 1. The second kappa shape index (κ2) is 3.93. The van der Waals surface area contributed by atoms with Crippen LogP contribution in [0.15, 0.2) is 12.1 Å². The molecule has 1 aromatic carbocycles. The van der Waals surface area contributed by atoms with E-state index in [1.165, 1.54) is 11.1 Å². The number of hydrogen-bond donors (Lipinski definition) is 1. The Kier molecular flexibility index (Phi) is 2.75. The molecule has 16 heavy (non-hydrogen) atoms. The number of rotatable bonds is 1. The van der Waals surface area contributed by atoms with Crippen molar-refractivity contribution in [2.75, 3.05) is 6.54 Å². The molecule has 0 saturated heterocycles. The van der Waals surface area contributed by atoms with Crippen LogP contribution in [0, 0.1) is 19.8 Å². The van der Waals surface area contributed by atoms with E-state index in [9.17, 15) is 4.79 Å². The molecule has 2 nitrogen and oxygen atoms in total. The average Bonchev–Trinajstić information content (AvgIpc) is 2.19. The summed E-state index contributed by atoms with van der Waals surface area (Å²) in [5, 5.41) is 2.99. The van der Waals surface area contributed by atoms with Gasteiger partial charge in [0.1, 0.15) is 0 Å². The highest BCUT2D eigenvalue weighted by atomic mass is 16.1. The molecule has 1 atom stereocenters. The summed E-state index contributed by atoms with van der Waals surface area (Å²) in [5.74, 6) is 1.09. The van der Waals surface area contributed by atoms with Gasteiger partial charge in [0.15, 0.2) is 0 Å². The Labute approximate surface area is 97.1 Å². The summed E-state index contributed by atoms with van der Waals surface area (Å²) in [4.78, 5) is 11.8. The van der Waals surface area contributed by atoms with Crippen molar-refractivity contribution < 1.29 is 4.79 Å². The van der Waals surface area contributed by atoms with Gasteiger partial charge in [0.05, 0.1) is 0 Å². The Bertz CT molecular complexity index is 435. The van der Waals surface area contributed by atoms with Crippen molar-refractivity contribution in [1.29, 1.82) is 0 Å². The van der Waals surface area contributed by atoms with Gasteiger partial charge in [-0.05, 0) is 37.0 Å². The summed E-state index contributed by atoms with van der Waals surface area (Å²) in [7, 11) is 0. The SMILES string of the molecule is Cc1cc(C)c2c(c1)C(=O)NCC2C(C)C. The van der Waals surface area contributed by atoms with E-state index in [1.807, 2.05) is 13.0 Å². The maximum Gasteiger partial charge on any atom is 0.251 e. The standard InChI is InChI=1S/C14H19NO/c1-8(2)12-7-15-14(16)11-6-9(3)5-10(4)13(11)12/h5-6,8,12H,7H2,1-4H3,(H,15,16). The van der Waals surface area contributed by atoms with E-state index in [2.05, 4.69) is 32.2 Å². The van der Waals surface area contributed by atoms with E-state index in [0.717, 1.165) is 17.7 Å². The van der Waals surface area contributed by atoms with Gasteiger partial charge < -0.3 is 5.32 Å². The van der Waals surface area contributed by atoms with Gasteiger partial charge in [-0.15, -0.1) is 0 Å². The minimum Gasteiger partial charge on any atom is -0.351 e. The van der Waals surface area contributed by atoms with Crippen LogP contribution in [0.4, 0.5) is 0 Å². The molecule has 0 bridgehead atoms. The third-order valence-corrected chi connectivity index (χ3v) is 3.43. The lowest BCUT2D eigenvalue weighted by molar-refractivity contribution is 0.0936. The second-order valence-electron chi connectivity index (χ2n) is 5.10. The van der Waals surface area contributed by atoms with Gasteiger partial charge >= 0.3 is 0 Å². The number of amides is 1. The largest absolute Gasteiger partial charge is 0.351 e. The molecule has 1 amide bonds. The quantitative estimate of drug-likeness (QED) is 0.770. The molecule has 0 spiro atoms. The fourth-order valence-corrected chi connectivity index (χ4v) is 2.63. The summed E-state index contributed by atoms with van der Waals surface area (Å²) in [6.07, 6.45) is 0. The number of carbonyl (C=O) groups is 1. The Morgan fingerprint density at radius 1 is 1.31 bits per heavy atom. The van der Waals surface area contributed by atoms with E-state index in [1.54, 1.807) is 0 Å². The van der Waals surface area contributed by atoms with Gasteiger partial charge in [-0.25, -0.2) is 0 Å². The lowest BCUT2D eigenvalue weighted by Gasteiger charge is -2.30. The summed E-state index contributed by atoms with van der Waals surface area (Å²) in [6.45, 7) is 9.35. The van der Waals surface area contributed by atoms with E-state index < -0.39 is 0 Å². The van der Waals surface area contributed by atoms with Crippen molar-refractivity contribution in [3.63, 3.8) is 0 Å². The summed E-state index contributed by atoms with van der Waals surface area (Å²) in [5.41, 5.74) is 4.55. The molecule has 0 fully saturated rings. The molecule has 0 aromatic heterocycles. The molecule has 1 aliphatic rings.